The summed E-state index contributed by atoms with van der Waals surface area (Å²) in [7, 11) is 0. The Balaban J connectivity index is 1.98. The standard InChI is InChI=1S/C10H13NO2S/c14-6-11-4-3-8-1-2-9-10(5-8)13-7-12-9/h1-2,5,11,14H,3-4,6-7H2. The van der Waals surface area contributed by atoms with E-state index in [4.69, 9.17) is 9.47 Å². The minimum Gasteiger partial charge on any atom is -0.454 e. The first-order chi connectivity index (χ1) is 6.90. The molecule has 1 N–H and O–H groups in total. The zero-order valence-corrected chi connectivity index (χ0v) is 8.72. The molecule has 2 rings (SSSR count). The SMILES string of the molecule is SCNCCc1ccc2c(c1)OCO2. The van der Waals surface area contributed by atoms with Crippen LogP contribution in [0.25, 0.3) is 0 Å². The second-order valence-electron chi connectivity index (χ2n) is 3.10. The molecule has 1 aromatic carbocycles. The topological polar surface area (TPSA) is 30.5 Å². The van der Waals surface area contributed by atoms with Crippen LogP contribution in [0, 0.1) is 0 Å². The summed E-state index contributed by atoms with van der Waals surface area (Å²) >= 11 is 4.08. The van der Waals surface area contributed by atoms with Gasteiger partial charge in [-0.1, -0.05) is 6.07 Å². The monoisotopic (exact) mass is 211 g/mol. The highest BCUT2D eigenvalue weighted by Gasteiger charge is 2.12. The van der Waals surface area contributed by atoms with Crippen LogP contribution in [0.4, 0.5) is 0 Å². The summed E-state index contributed by atoms with van der Waals surface area (Å²) in [6.45, 7) is 1.27. The van der Waals surface area contributed by atoms with Crippen molar-refractivity contribution in [3.8, 4) is 11.5 Å². The highest BCUT2D eigenvalue weighted by atomic mass is 32.1. The van der Waals surface area contributed by atoms with E-state index in [9.17, 15) is 0 Å². The van der Waals surface area contributed by atoms with E-state index in [1.165, 1.54) is 5.56 Å². The van der Waals surface area contributed by atoms with Gasteiger partial charge in [-0.2, -0.15) is 12.6 Å². The largest absolute Gasteiger partial charge is 0.454 e. The summed E-state index contributed by atoms with van der Waals surface area (Å²) in [4.78, 5) is 0. The zero-order chi connectivity index (χ0) is 9.80. The van der Waals surface area contributed by atoms with Gasteiger partial charge < -0.3 is 14.8 Å². The molecule has 0 saturated carbocycles. The highest BCUT2D eigenvalue weighted by Crippen LogP contribution is 2.32. The van der Waals surface area contributed by atoms with Gasteiger partial charge >= 0.3 is 0 Å². The Hall–Kier alpha value is -0.870. The van der Waals surface area contributed by atoms with Gasteiger partial charge in [-0.15, -0.1) is 0 Å². The Kier molecular flexibility index (Phi) is 3.16. The zero-order valence-electron chi connectivity index (χ0n) is 7.82. The second-order valence-corrected chi connectivity index (χ2v) is 3.41. The molecule has 0 aromatic heterocycles. The van der Waals surface area contributed by atoms with Crippen LogP contribution in [0.5, 0.6) is 11.5 Å². The molecule has 0 bridgehead atoms. The van der Waals surface area contributed by atoms with Crippen molar-refractivity contribution in [3.63, 3.8) is 0 Å². The molecule has 1 heterocycles. The van der Waals surface area contributed by atoms with Crippen LogP contribution in [-0.4, -0.2) is 19.2 Å². The predicted octanol–water partition coefficient (Wildman–Crippen LogP) is 1.43. The summed E-state index contributed by atoms with van der Waals surface area (Å²) in [6, 6.07) is 6.05. The van der Waals surface area contributed by atoms with Gasteiger partial charge in [0.15, 0.2) is 11.5 Å². The number of benzene rings is 1. The molecule has 1 aromatic rings. The van der Waals surface area contributed by atoms with E-state index >= 15 is 0 Å². The average Bonchev–Trinajstić information content (AvgIpc) is 2.65. The number of hydrogen-bond acceptors (Lipinski definition) is 4. The fraction of sp³-hybridized carbons (Fsp3) is 0.400. The maximum absolute atomic E-state index is 5.29. The lowest BCUT2D eigenvalue weighted by Gasteiger charge is -2.03. The Morgan fingerprint density at radius 1 is 1.29 bits per heavy atom. The molecule has 76 valence electrons. The van der Waals surface area contributed by atoms with E-state index in [1.54, 1.807) is 0 Å². The van der Waals surface area contributed by atoms with Crippen molar-refractivity contribution in [1.29, 1.82) is 0 Å². The van der Waals surface area contributed by atoms with Gasteiger partial charge in [0.2, 0.25) is 6.79 Å². The first kappa shape index (κ1) is 9.68. The molecular formula is C10H13NO2S. The predicted molar refractivity (Wildman–Crippen MR) is 58.1 cm³/mol. The molecule has 3 nitrogen and oxygen atoms in total. The van der Waals surface area contributed by atoms with Crippen molar-refractivity contribution < 1.29 is 9.47 Å². The summed E-state index contributed by atoms with van der Waals surface area (Å²) in [5, 5.41) is 3.16. The van der Waals surface area contributed by atoms with Gasteiger partial charge in [0.25, 0.3) is 0 Å². The second kappa shape index (κ2) is 4.57. The molecule has 4 heteroatoms. The fourth-order valence-corrected chi connectivity index (χ4v) is 1.57. The number of hydrogen-bond donors (Lipinski definition) is 2. The van der Waals surface area contributed by atoms with Crippen LogP contribution >= 0.6 is 12.6 Å². The maximum atomic E-state index is 5.29. The van der Waals surface area contributed by atoms with Gasteiger partial charge in [0.05, 0.1) is 0 Å². The Bertz CT molecular complexity index is 317. The minimum atomic E-state index is 0.341. The lowest BCUT2D eigenvalue weighted by atomic mass is 10.1. The van der Waals surface area contributed by atoms with Crippen molar-refractivity contribution in [2.75, 3.05) is 19.2 Å². The van der Waals surface area contributed by atoms with Crippen molar-refractivity contribution in [3.05, 3.63) is 23.8 Å². The van der Waals surface area contributed by atoms with Crippen molar-refractivity contribution in [2.24, 2.45) is 0 Å². The van der Waals surface area contributed by atoms with E-state index in [-0.39, 0.29) is 0 Å². The lowest BCUT2D eigenvalue weighted by molar-refractivity contribution is 0.174. The summed E-state index contributed by atoms with van der Waals surface area (Å²) in [5.41, 5.74) is 1.25. The summed E-state index contributed by atoms with van der Waals surface area (Å²) < 4.78 is 10.5. The first-order valence-electron chi connectivity index (χ1n) is 4.60. The molecule has 0 saturated heterocycles. The molecule has 0 aliphatic carbocycles. The minimum absolute atomic E-state index is 0.341. The Morgan fingerprint density at radius 2 is 2.14 bits per heavy atom. The lowest BCUT2D eigenvalue weighted by Crippen LogP contribution is -2.14. The molecular weight excluding hydrogens is 198 g/mol. The summed E-state index contributed by atoms with van der Waals surface area (Å²) in [6.07, 6.45) is 0.983. The fourth-order valence-electron chi connectivity index (χ4n) is 1.41. The molecule has 0 unspecified atom stereocenters. The van der Waals surface area contributed by atoms with Crippen molar-refractivity contribution in [1.82, 2.24) is 5.32 Å². The van der Waals surface area contributed by atoms with Crippen LogP contribution in [0.2, 0.25) is 0 Å². The van der Waals surface area contributed by atoms with E-state index in [1.807, 2.05) is 12.1 Å². The normalized spacial score (nSPS) is 13.2. The third kappa shape index (κ3) is 2.13. The molecule has 1 aliphatic rings. The third-order valence-corrected chi connectivity index (χ3v) is 2.36. The molecule has 0 radical (unpaired) electrons. The maximum Gasteiger partial charge on any atom is 0.231 e. The molecule has 14 heavy (non-hydrogen) atoms. The first-order valence-corrected chi connectivity index (χ1v) is 5.23. The van der Waals surface area contributed by atoms with Crippen LogP contribution in [0.1, 0.15) is 5.56 Å². The molecule has 0 spiro atoms. The number of rotatable bonds is 4. The van der Waals surface area contributed by atoms with E-state index in [0.717, 1.165) is 24.5 Å². The summed E-state index contributed by atoms with van der Waals surface area (Å²) in [5.74, 6) is 2.41. The van der Waals surface area contributed by atoms with E-state index in [2.05, 4.69) is 24.0 Å². The van der Waals surface area contributed by atoms with Crippen LogP contribution < -0.4 is 14.8 Å². The molecule has 1 aliphatic heterocycles. The van der Waals surface area contributed by atoms with Crippen molar-refractivity contribution >= 4 is 12.6 Å². The van der Waals surface area contributed by atoms with Gasteiger partial charge in [-0.25, -0.2) is 0 Å². The smallest absolute Gasteiger partial charge is 0.231 e. The Morgan fingerprint density at radius 3 is 3.00 bits per heavy atom. The number of ether oxygens (including phenoxy) is 2. The number of thiol groups is 1. The van der Waals surface area contributed by atoms with E-state index in [0.29, 0.717) is 12.7 Å². The van der Waals surface area contributed by atoms with Gasteiger partial charge in [0, 0.05) is 5.88 Å². The highest BCUT2D eigenvalue weighted by molar-refractivity contribution is 7.80. The third-order valence-electron chi connectivity index (χ3n) is 2.14. The van der Waals surface area contributed by atoms with Crippen LogP contribution in [0.3, 0.4) is 0 Å². The van der Waals surface area contributed by atoms with Gasteiger partial charge in [-0.05, 0) is 30.7 Å². The van der Waals surface area contributed by atoms with Crippen molar-refractivity contribution in [2.45, 2.75) is 6.42 Å². The Labute approximate surface area is 88.8 Å². The van der Waals surface area contributed by atoms with E-state index < -0.39 is 0 Å². The van der Waals surface area contributed by atoms with Crippen LogP contribution in [0.15, 0.2) is 18.2 Å². The van der Waals surface area contributed by atoms with Crippen LogP contribution in [-0.2, 0) is 6.42 Å². The van der Waals surface area contributed by atoms with Gasteiger partial charge in [-0.3, -0.25) is 0 Å². The van der Waals surface area contributed by atoms with Gasteiger partial charge in [0.1, 0.15) is 0 Å². The molecule has 0 amide bonds. The number of fused-ring (bicyclic) bond motifs is 1. The molecule has 0 atom stereocenters. The number of nitrogens with one attached hydrogen (secondary N) is 1. The molecule has 0 fully saturated rings. The average molecular weight is 211 g/mol. The quantitative estimate of drug-likeness (QED) is 0.449.